The summed E-state index contributed by atoms with van der Waals surface area (Å²) < 4.78 is 46.0. The van der Waals surface area contributed by atoms with E-state index in [0.29, 0.717) is 55.2 Å². The molecule has 0 radical (unpaired) electrons. The van der Waals surface area contributed by atoms with E-state index >= 15 is 0 Å². The van der Waals surface area contributed by atoms with Crippen molar-refractivity contribution in [3.8, 4) is 22.9 Å². The second-order valence-corrected chi connectivity index (χ2v) is 8.77. The third-order valence-corrected chi connectivity index (χ3v) is 6.14. The number of amides is 2. The van der Waals surface area contributed by atoms with Gasteiger partial charge in [0.05, 0.1) is 5.56 Å². The Kier molecular flexibility index (Phi) is 8.24. The molecule has 1 aromatic heterocycles. The molecule has 39 heavy (non-hydrogen) atoms. The molecule has 4 rings (SSSR count). The Bertz CT molecular complexity index is 1400. The zero-order valence-electron chi connectivity index (χ0n) is 21.4. The molecule has 204 valence electrons. The third-order valence-electron chi connectivity index (χ3n) is 6.14. The van der Waals surface area contributed by atoms with Crippen molar-refractivity contribution >= 4 is 23.3 Å². The van der Waals surface area contributed by atoms with Crippen molar-refractivity contribution in [2.24, 2.45) is 10.7 Å². The van der Waals surface area contributed by atoms with Gasteiger partial charge in [0.15, 0.2) is 11.6 Å². The molecule has 2 heterocycles. The van der Waals surface area contributed by atoms with Crippen LogP contribution in [0.2, 0.25) is 0 Å². The summed E-state index contributed by atoms with van der Waals surface area (Å²) in [6.07, 6.45) is -4.04. The summed E-state index contributed by atoms with van der Waals surface area (Å²) in [5.74, 6) is -0.116. The maximum absolute atomic E-state index is 13.3. The summed E-state index contributed by atoms with van der Waals surface area (Å²) in [7, 11) is 0. The molecule has 0 bridgehead atoms. The van der Waals surface area contributed by atoms with Gasteiger partial charge in [0.25, 0.3) is 11.8 Å². The van der Waals surface area contributed by atoms with Gasteiger partial charge in [0, 0.05) is 36.7 Å². The Morgan fingerprint density at radius 2 is 1.82 bits per heavy atom. The summed E-state index contributed by atoms with van der Waals surface area (Å²) in [6.45, 7) is 5.97. The second-order valence-electron chi connectivity index (χ2n) is 8.77. The number of alkyl halides is 3. The smallest absolute Gasteiger partial charge is 0.416 e. The van der Waals surface area contributed by atoms with E-state index in [1.165, 1.54) is 12.1 Å². The Morgan fingerprint density at radius 3 is 2.41 bits per heavy atom. The van der Waals surface area contributed by atoms with Crippen molar-refractivity contribution in [3.63, 3.8) is 0 Å². The van der Waals surface area contributed by atoms with Crippen LogP contribution in [-0.4, -0.2) is 52.0 Å². The maximum atomic E-state index is 13.3. The van der Waals surface area contributed by atoms with Crippen LogP contribution in [0.1, 0.15) is 41.9 Å². The lowest BCUT2D eigenvalue weighted by Gasteiger charge is -2.21. The van der Waals surface area contributed by atoms with Gasteiger partial charge in [-0.3, -0.25) is 14.5 Å². The van der Waals surface area contributed by atoms with Crippen LogP contribution in [0.25, 0.3) is 11.4 Å². The first-order valence-corrected chi connectivity index (χ1v) is 12.3. The maximum Gasteiger partial charge on any atom is 0.416 e. The number of aliphatic imine (C=N–C) groups is 1. The fourth-order valence-corrected chi connectivity index (χ4v) is 3.97. The predicted octanol–water partition coefficient (Wildman–Crippen LogP) is 4.49. The van der Waals surface area contributed by atoms with E-state index in [1.54, 1.807) is 24.3 Å². The molecule has 9 nitrogen and oxygen atoms in total. The highest BCUT2D eigenvalue weighted by atomic mass is 19.4. The Balaban J connectivity index is 1.63. The van der Waals surface area contributed by atoms with E-state index < -0.39 is 17.6 Å². The molecule has 1 aliphatic rings. The second kappa shape index (κ2) is 11.6. The summed E-state index contributed by atoms with van der Waals surface area (Å²) in [6, 6.07) is 11.2. The molecule has 0 saturated carbocycles. The number of benzene rings is 2. The number of nitrogens with zero attached hydrogens (tertiary/aromatic N) is 4. The molecule has 3 N–H and O–H groups in total. The highest BCUT2D eigenvalue weighted by Crippen LogP contribution is 2.35. The average molecular weight is 541 g/mol. The minimum Gasteiger partial charge on any atom is -0.457 e. The standard InChI is InChI=1S/C27H27F3N6O3/c1-3-36(4-2)15-17-13-18(27(28,29)30)7-10-22(17)39-19-8-5-16(6-9-19)25-34-21(24(31)37)14-23(35-25)33-20-11-12-32-26(20)38/h5-10,13-14H,3-4,11-12,15H2,1-2H3,(H2,31,37)(H,32,38). The highest BCUT2D eigenvalue weighted by molar-refractivity contribution is 6.41. The van der Waals surface area contributed by atoms with Crippen molar-refractivity contribution in [2.75, 3.05) is 19.6 Å². The van der Waals surface area contributed by atoms with Gasteiger partial charge in [-0.15, -0.1) is 0 Å². The SMILES string of the molecule is CCN(CC)Cc1cc(C(F)(F)F)ccc1Oc1ccc(-c2nc(N=C3CCNC3=O)cc(C(N)=O)n2)cc1. The van der Waals surface area contributed by atoms with Crippen LogP contribution in [0.4, 0.5) is 19.0 Å². The van der Waals surface area contributed by atoms with Gasteiger partial charge >= 0.3 is 6.18 Å². The van der Waals surface area contributed by atoms with Crippen LogP contribution in [0.3, 0.4) is 0 Å². The summed E-state index contributed by atoms with van der Waals surface area (Å²) >= 11 is 0. The van der Waals surface area contributed by atoms with Gasteiger partial charge in [0.1, 0.15) is 22.9 Å². The van der Waals surface area contributed by atoms with E-state index in [2.05, 4.69) is 20.3 Å². The van der Waals surface area contributed by atoms with Crippen LogP contribution >= 0.6 is 0 Å². The highest BCUT2D eigenvalue weighted by Gasteiger charge is 2.31. The van der Waals surface area contributed by atoms with Crippen LogP contribution in [0, 0.1) is 0 Å². The van der Waals surface area contributed by atoms with E-state index in [0.717, 1.165) is 12.1 Å². The number of halogens is 3. The average Bonchev–Trinajstić information content (AvgIpc) is 3.31. The molecule has 12 heteroatoms. The van der Waals surface area contributed by atoms with E-state index in [-0.39, 0.29) is 29.0 Å². The largest absolute Gasteiger partial charge is 0.457 e. The number of aromatic nitrogens is 2. The minimum atomic E-state index is -4.47. The van der Waals surface area contributed by atoms with Crippen LogP contribution < -0.4 is 15.8 Å². The lowest BCUT2D eigenvalue weighted by Crippen LogP contribution is -2.22. The molecule has 0 spiro atoms. The molecule has 2 aromatic carbocycles. The van der Waals surface area contributed by atoms with Crippen LogP contribution in [0.15, 0.2) is 53.5 Å². The number of hydrogen-bond donors (Lipinski definition) is 2. The molecule has 1 saturated heterocycles. The number of hydrogen-bond acceptors (Lipinski definition) is 7. The van der Waals surface area contributed by atoms with Crippen molar-refractivity contribution in [1.82, 2.24) is 20.2 Å². The number of nitrogens with two attached hydrogens (primary N) is 1. The topological polar surface area (TPSA) is 123 Å². The van der Waals surface area contributed by atoms with E-state index in [9.17, 15) is 22.8 Å². The van der Waals surface area contributed by atoms with Gasteiger partial charge < -0.3 is 15.8 Å². The predicted molar refractivity (Wildman–Crippen MR) is 139 cm³/mol. The van der Waals surface area contributed by atoms with Gasteiger partial charge in [-0.1, -0.05) is 13.8 Å². The molecule has 1 fully saturated rings. The Morgan fingerprint density at radius 1 is 1.10 bits per heavy atom. The molecule has 1 aliphatic heterocycles. The van der Waals surface area contributed by atoms with Crippen molar-refractivity contribution in [1.29, 1.82) is 0 Å². The zero-order valence-corrected chi connectivity index (χ0v) is 21.4. The summed E-state index contributed by atoms with van der Waals surface area (Å²) in [5, 5.41) is 2.65. The first kappa shape index (κ1) is 27.7. The molecular weight excluding hydrogens is 513 g/mol. The summed E-state index contributed by atoms with van der Waals surface area (Å²) in [5.41, 5.74) is 5.83. The monoisotopic (exact) mass is 540 g/mol. The molecule has 3 aromatic rings. The Hall–Kier alpha value is -4.32. The fraction of sp³-hybridized carbons (Fsp3) is 0.296. The van der Waals surface area contributed by atoms with Crippen molar-refractivity contribution in [2.45, 2.75) is 33.0 Å². The number of carbonyl (C=O) groups excluding carboxylic acids is 2. The van der Waals surface area contributed by atoms with Gasteiger partial charge in [0.2, 0.25) is 0 Å². The van der Waals surface area contributed by atoms with Gasteiger partial charge in [-0.2, -0.15) is 13.2 Å². The first-order chi connectivity index (χ1) is 18.6. The molecule has 0 atom stereocenters. The van der Waals surface area contributed by atoms with E-state index in [4.69, 9.17) is 10.5 Å². The van der Waals surface area contributed by atoms with Crippen molar-refractivity contribution in [3.05, 3.63) is 65.4 Å². The van der Waals surface area contributed by atoms with Gasteiger partial charge in [-0.05, 0) is 55.6 Å². The van der Waals surface area contributed by atoms with E-state index in [1.807, 2.05) is 18.7 Å². The molecule has 2 amide bonds. The quantitative estimate of drug-likeness (QED) is 0.412. The van der Waals surface area contributed by atoms with Crippen LogP contribution in [-0.2, 0) is 17.5 Å². The minimum absolute atomic E-state index is 0.0659. The molecule has 0 aliphatic carbocycles. The number of primary amides is 1. The summed E-state index contributed by atoms with van der Waals surface area (Å²) in [4.78, 5) is 38.5. The molecular formula is C27H27F3N6O3. The van der Waals surface area contributed by atoms with Crippen LogP contribution in [0.5, 0.6) is 11.5 Å². The number of ether oxygens (including phenoxy) is 1. The normalized spacial score (nSPS) is 14.6. The van der Waals surface area contributed by atoms with Crippen molar-refractivity contribution < 1.29 is 27.5 Å². The zero-order chi connectivity index (χ0) is 28.2. The first-order valence-electron chi connectivity index (χ1n) is 12.3. The number of nitrogens with one attached hydrogen (secondary N) is 1. The third kappa shape index (κ3) is 6.77. The fourth-order valence-electron chi connectivity index (χ4n) is 3.97. The lowest BCUT2D eigenvalue weighted by atomic mass is 10.1. The Labute approximate surface area is 222 Å². The number of carbonyl (C=O) groups is 2. The lowest BCUT2D eigenvalue weighted by molar-refractivity contribution is -0.137. The molecule has 0 unspecified atom stereocenters. The van der Waals surface area contributed by atoms with Gasteiger partial charge in [-0.25, -0.2) is 15.0 Å². The number of rotatable bonds is 9.